The molecule has 4 nitrogen and oxygen atoms in total. The van der Waals surface area contributed by atoms with Crippen LogP contribution in [0.5, 0.6) is 0 Å². The van der Waals surface area contributed by atoms with E-state index < -0.39 is 32.4 Å². The number of rotatable bonds is 2. The molecule has 0 bridgehead atoms. The minimum atomic E-state index is -4.16. The van der Waals surface area contributed by atoms with Gasteiger partial charge in [0.25, 0.3) is 0 Å². The number of sulfonamides is 1. The summed E-state index contributed by atoms with van der Waals surface area (Å²) in [5.41, 5.74) is 0. The van der Waals surface area contributed by atoms with E-state index in [1.165, 1.54) is 0 Å². The minimum Gasteiger partial charge on any atom is -0.312 e. The lowest BCUT2D eigenvalue weighted by atomic mass is 9.94. The molecule has 2 fully saturated rings. The topological polar surface area (TPSA) is 49.4 Å². The highest BCUT2D eigenvalue weighted by atomic mass is 32.2. The zero-order valence-corrected chi connectivity index (χ0v) is 12.0. The Bertz CT molecular complexity index is 652. The van der Waals surface area contributed by atoms with Gasteiger partial charge < -0.3 is 5.32 Å². The summed E-state index contributed by atoms with van der Waals surface area (Å²) in [6.07, 6.45) is 1.87. The van der Waals surface area contributed by atoms with E-state index in [1.807, 2.05) is 0 Å². The molecule has 2 aliphatic rings. The number of nitrogens with one attached hydrogen (secondary N) is 1. The van der Waals surface area contributed by atoms with Crippen LogP contribution in [0.4, 0.5) is 13.2 Å². The first-order valence-corrected chi connectivity index (χ1v) is 8.22. The van der Waals surface area contributed by atoms with Crippen molar-refractivity contribution in [2.75, 3.05) is 19.6 Å². The largest absolute Gasteiger partial charge is 0.312 e. The highest BCUT2D eigenvalue weighted by Crippen LogP contribution is 2.31. The second kappa shape index (κ2) is 5.26. The molecule has 0 aliphatic carbocycles. The van der Waals surface area contributed by atoms with E-state index >= 15 is 0 Å². The summed E-state index contributed by atoms with van der Waals surface area (Å²) in [5, 5.41) is 3.24. The van der Waals surface area contributed by atoms with Gasteiger partial charge in [0.1, 0.15) is 4.90 Å². The monoisotopic (exact) mass is 320 g/mol. The Labute approximate surface area is 121 Å². The van der Waals surface area contributed by atoms with Crippen molar-refractivity contribution >= 4 is 10.0 Å². The molecule has 3 rings (SSSR count). The molecule has 116 valence electrons. The van der Waals surface area contributed by atoms with Crippen molar-refractivity contribution in [1.29, 1.82) is 0 Å². The fourth-order valence-corrected chi connectivity index (χ4v) is 4.63. The number of hydrogen-bond acceptors (Lipinski definition) is 3. The number of hydrogen-bond donors (Lipinski definition) is 1. The summed E-state index contributed by atoms with van der Waals surface area (Å²) in [4.78, 5) is -0.806. The number of fused-ring (bicyclic) bond motifs is 1. The van der Waals surface area contributed by atoms with Gasteiger partial charge in [0.15, 0.2) is 17.5 Å². The van der Waals surface area contributed by atoms with Gasteiger partial charge in [0, 0.05) is 19.1 Å². The van der Waals surface area contributed by atoms with Crippen molar-refractivity contribution in [3.8, 4) is 0 Å². The Morgan fingerprint density at radius 1 is 1.14 bits per heavy atom. The van der Waals surface area contributed by atoms with Gasteiger partial charge in [-0.15, -0.1) is 0 Å². The van der Waals surface area contributed by atoms with E-state index in [2.05, 4.69) is 5.32 Å². The molecule has 21 heavy (non-hydrogen) atoms. The first kappa shape index (κ1) is 14.8. The Morgan fingerprint density at radius 3 is 2.62 bits per heavy atom. The van der Waals surface area contributed by atoms with E-state index in [-0.39, 0.29) is 25.0 Å². The summed E-state index contributed by atoms with van der Waals surface area (Å²) < 4.78 is 65.9. The molecule has 8 heteroatoms. The van der Waals surface area contributed by atoms with Crippen LogP contribution in [0.3, 0.4) is 0 Å². The second-order valence-electron chi connectivity index (χ2n) is 5.46. The van der Waals surface area contributed by atoms with E-state index in [0.717, 1.165) is 29.8 Å². The fourth-order valence-electron chi connectivity index (χ4n) is 3.05. The van der Waals surface area contributed by atoms with E-state index in [1.54, 1.807) is 0 Å². The van der Waals surface area contributed by atoms with E-state index in [0.29, 0.717) is 6.07 Å². The fraction of sp³-hybridized carbons (Fsp3) is 0.538. The third-order valence-electron chi connectivity index (χ3n) is 4.18. The SMILES string of the molecule is O=S(=O)(c1ccc(F)c(F)c1F)N1CC2CCCNC2C1. The van der Waals surface area contributed by atoms with Crippen LogP contribution in [0.25, 0.3) is 0 Å². The van der Waals surface area contributed by atoms with Crippen molar-refractivity contribution < 1.29 is 21.6 Å². The molecule has 0 radical (unpaired) electrons. The van der Waals surface area contributed by atoms with Crippen LogP contribution in [-0.2, 0) is 10.0 Å². The van der Waals surface area contributed by atoms with Gasteiger partial charge in [-0.05, 0) is 37.4 Å². The molecule has 0 spiro atoms. The van der Waals surface area contributed by atoms with Crippen molar-refractivity contribution in [3.05, 3.63) is 29.6 Å². The second-order valence-corrected chi connectivity index (χ2v) is 7.36. The summed E-state index contributed by atoms with van der Waals surface area (Å²) in [6, 6.07) is 1.45. The van der Waals surface area contributed by atoms with Gasteiger partial charge in [0.05, 0.1) is 0 Å². The van der Waals surface area contributed by atoms with Gasteiger partial charge in [-0.1, -0.05) is 0 Å². The van der Waals surface area contributed by atoms with Crippen LogP contribution in [0.1, 0.15) is 12.8 Å². The molecule has 0 saturated carbocycles. The maximum Gasteiger partial charge on any atom is 0.246 e. The summed E-state index contributed by atoms with van der Waals surface area (Å²) in [5.74, 6) is -4.63. The third-order valence-corrected chi connectivity index (χ3v) is 6.03. The number of nitrogens with zero attached hydrogens (tertiary/aromatic N) is 1. The lowest BCUT2D eigenvalue weighted by molar-refractivity contribution is 0.339. The predicted molar refractivity (Wildman–Crippen MR) is 69.6 cm³/mol. The molecule has 2 atom stereocenters. The lowest BCUT2D eigenvalue weighted by Gasteiger charge is -2.24. The predicted octanol–water partition coefficient (Wildman–Crippen LogP) is 1.48. The number of benzene rings is 1. The van der Waals surface area contributed by atoms with Crippen LogP contribution in [0.2, 0.25) is 0 Å². The Morgan fingerprint density at radius 2 is 1.90 bits per heavy atom. The molecule has 2 unspecified atom stereocenters. The summed E-state index contributed by atoms with van der Waals surface area (Å²) in [7, 11) is -4.16. The number of piperidine rings is 1. The molecule has 1 N–H and O–H groups in total. The zero-order valence-electron chi connectivity index (χ0n) is 11.2. The Balaban J connectivity index is 1.93. The highest BCUT2D eigenvalue weighted by molar-refractivity contribution is 7.89. The molecule has 2 saturated heterocycles. The molecule has 2 aliphatic heterocycles. The molecule has 0 amide bonds. The molecule has 1 aromatic carbocycles. The van der Waals surface area contributed by atoms with Gasteiger partial charge in [-0.2, -0.15) is 4.31 Å². The van der Waals surface area contributed by atoms with Crippen molar-refractivity contribution in [2.45, 2.75) is 23.8 Å². The maximum absolute atomic E-state index is 13.7. The zero-order chi connectivity index (χ0) is 15.2. The third kappa shape index (κ3) is 2.45. The Kier molecular flexibility index (Phi) is 3.71. The molecule has 1 aromatic rings. The highest BCUT2D eigenvalue weighted by Gasteiger charge is 2.41. The Hall–Kier alpha value is -1.12. The normalized spacial score (nSPS) is 26.8. The molecule has 0 aromatic heterocycles. The van der Waals surface area contributed by atoms with Crippen LogP contribution in [0.15, 0.2) is 17.0 Å². The average molecular weight is 320 g/mol. The molecular formula is C13H15F3N2O2S. The maximum atomic E-state index is 13.7. The van der Waals surface area contributed by atoms with Gasteiger partial charge in [-0.3, -0.25) is 0 Å². The van der Waals surface area contributed by atoms with Crippen LogP contribution >= 0.6 is 0 Å². The van der Waals surface area contributed by atoms with Crippen molar-refractivity contribution in [2.24, 2.45) is 5.92 Å². The first-order valence-electron chi connectivity index (χ1n) is 6.78. The van der Waals surface area contributed by atoms with Gasteiger partial charge >= 0.3 is 0 Å². The van der Waals surface area contributed by atoms with Crippen molar-refractivity contribution in [3.63, 3.8) is 0 Å². The minimum absolute atomic E-state index is 0.0434. The molecule has 2 heterocycles. The number of halogens is 3. The summed E-state index contributed by atoms with van der Waals surface area (Å²) >= 11 is 0. The van der Waals surface area contributed by atoms with Crippen LogP contribution < -0.4 is 5.32 Å². The van der Waals surface area contributed by atoms with Crippen LogP contribution in [-0.4, -0.2) is 38.4 Å². The van der Waals surface area contributed by atoms with Crippen molar-refractivity contribution in [1.82, 2.24) is 9.62 Å². The van der Waals surface area contributed by atoms with Gasteiger partial charge in [-0.25, -0.2) is 21.6 Å². The van der Waals surface area contributed by atoms with E-state index in [4.69, 9.17) is 0 Å². The summed E-state index contributed by atoms with van der Waals surface area (Å²) in [6.45, 7) is 1.33. The van der Waals surface area contributed by atoms with E-state index in [9.17, 15) is 21.6 Å². The average Bonchev–Trinajstić information content (AvgIpc) is 2.89. The van der Waals surface area contributed by atoms with Crippen LogP contribution in [0, 0.1) is 23.4 Å². The smallest absolute Gasteiger partial charge is 0.246 e. The lowest BCUT2D eigenvalue weighted by Crippen LogP contribution is -2.41. The first-order chi connectivity index (χ1) is 9.91. The molecular weight excluding hydrogens is 305 g/mol. The standard InChI is InChI=1S/C13H15F3N2O2S/c14-9-3-4-11(13(16)12(9)15)21(19,20)18-6-8-2-1-5-17-10(8)7-18/h3-4,8,10,17H,1-2,5-7H2. The van der Waals surface area contributed by atoms with Gasteiger partial charge in [0.2, 0.25) is 10.0 Å². The quantitative estimate of drug-likeness (QED) is 0.840.